The van der Waals surface area contributed by atoms with Crippen molar-refractivity contribution in [2.45, 2.75) is 112 Å². The minimum absolute atomic E-state index is 0.874. The third-order valence-electron chi connectivity index (χ3n) is 6.18. The third-order valence-corrected chi connectivity index (χ3v) is 6.18. The van der Waals surface area contributed by atoms with Gasteiger partial charge in [-0.3, -0.25) is 0 Å². The molecule has 0 spiro atoms. The number of hydrogen-bond donors (Lipinski definition) is 0. The van der Waals surface area contributed by atoms with Crippen molar-refractivity contribution < 1.29 is 0 Å². The first-order valence-electron chi connectivity index (χ1n) is 10.5. The highest BCUT2D eigenvalue weighted by atomic mass is 14.4. The van der Waals surface area contributed by atoms with Crippen molar-refractivity contribution in [3.8, 4) is 0 Å². The molecule has 0 nitrogen and oxygen atoms in total. The largest absolute Gasteiger partial charge is 0.0654 e. The monoisotopic (exact) mass is 308 g/mol. The highest BCUT2D eigenvalue weighted by Gasteiger charge is 2.36. The van der Waals surface area contributed by atoms with Crippen molar-refractivity contribution in [2.24, 2.45) is 29.6 Å². The standard InChI is InChI=1S/C22H44/c1-6-7-8-9-10-11-12-13-21-17-22(20(21)5)15-14-19(4)16-18(2)3/h18-22H,6-17H2,1-5H3. The van der Waals surface area contributed by atoms with Crippen LogP contribution in [-0.2, 0) is 0 Å². The van der Waals surface area contributed by atoms with Crippen LogP contribution in [0.5, 0.6) is 0 Å². The maximum Gasteiger partial charge on any atom is -0.0383 e. The quantitative estimate of drug-likeness (QED) is 0.304. The van der Waals surface area contributed by atoms with Crippen molar-refractivity contribution in [1.82, 2.24) is 0 Å². The number of hydrogen-bond acceptors (Lipinski definition) is 0. The van der Waals surface area contributed by atoms with Gasteiger partial charge in [0, 0.05) is 0 Å². The van der Waals surface area contributed by atoms with Crippen molar-refractivity contribution in [3.05, 3.63) is 0 Å². The first-order valence-corrected chi connectivity index (χ1v) is 10.5. The predicted molar refractivity (Wildman–Crippen MR) is 101 cm³/mol. The van der Waals surface area contributed by atoms with Crippen molar-refractivity contribution in [1.29, 1.82) is 0 Å². The summed E-state index contributed by atoms with van der Waals surface area (Å²) in [5.41, 5.74) is 0. The van der Waals surface area contributed by atoms with Gasteiger partial charge in [0.05, 0.1) is 0 Å². The molecule has 0 saturated heterocycles. The second-order valence-electron chi connectivity index (χ2n) is 8.84. The van der Waals surface area contributed by atoms with E-state index in [4.69, 9.17) is 0 Å². The van der Waals surface area contributed by atoms with E-state index in [0.717, 1.165) is 29.6 Å². The molecule has 0 aromatic heterocycles. The molecule has 22 heavy (non-hydrogen) atoms. The molecule has 1 aliphatic rings. The molecule has 0 aromatic rings. The van der Waals surface area contributed by atoms with Crippen LogP contribution in [0.2, 0.25) is 0 Å². The van der Waals surface area contributed by atoms with Crippen LogP contribution < -0.4 is 0 Å². The lowest BCUT2D eigenvalue weighted by molar-refractivity contribution is 0.0647. The molecule has 132 valence electrons. The normalized spacial score (nSPS) is 26.2. The van der Waals surface area contributed by atoms with Gasteiger partial charge in [-0.15, -0.1) is 0 Å². The summed E-state index contributed by atoms with van der Waals surface area (Å²) in [5.74, 6) is 4.96. The minimum Gasteiger partial charge on any atom is -0.0654 e. The summed E-state index contributed by atoms with van der Waals surface area (Å²) in [6.45, 7) is 12.0. The summed E-state index contributed by atoms with van der Waals surface area (Å²) >= 11 is 0. The zero-order chi connectivity index (χ0) is 16.4. The molecule has 1 fully saturated rings. The molecule has 1 aliphatic carbocycles. The van der Waals surface area contributed by atoms with Gasteiger partial charge < -0.3 is 0 Å². The minimum atomic E-state index is 0.874. The van der Waals surface area contributed by atoms with Crippen molar-refractivity contribution in [3.63, 3.8) is 0 Å². The Labute approximate surface area is 141 Å². The van der Waals surface area contributed by atoms with E-state index in [1.807, 2.05) is 0 Å². The lowest BCUT2D eigenvalue weighted by atomic mass is 9.62. The van der Waals surface area contributed by atoms with Crippen molar-refractivity contribution in [2.75, 3.05) is 0 Å². The summed E-state index contributed by atoms with van der Waals surface area (Å²) in [6.07, 6.45) is 17.7. The van der Waals surface area contributed by atoms with Gasteiger partial charge in [0.15, 0.2) is 0 Å². The van der Waals surface area contributed by atoms with Gasteiger partial charge in [0.2, 0.25) is 0 Å². The summed E-state index contributed by atoms with van der Waals surface area (Å²) < 4.78 is 0. The van der Waals surface area contributed by atoms with Crippen LogP contribution in [-0.4, -0.2) is 0 Å². The van der Waals surface area contributed by atoms with Gasteiger partial charge >= 0.3 is 0 Å². The molecule has 0 aliphatic heterocycles. The first kappa shape index (κ1) is 20.0. The fourth-order valence-electron chi connectivity index (χ4n) is 4.55. The molecule has 4 atom stereocenters. The lowest BCUT2D eigenvalue weighted by Gasteiger charge is -2.44. The summed E-state index contributed by atoms with van der Waals surface area (Å²) in [6, 6.07) is 0. The summed E-state index contributed by atoms with van der Waals surface area (Å²) in [5, 5.41) is 0. The average Bonchev–Trinajstić information content (AvgIpc) is 2.46. The van der Waals surface area contributed by atoms with Crippen LogP contribution in [0, 0.1) is 29.6 Å². The second-order valence-corrected chi connectivity index (χ2v) is 8.84. The van der Waals surface area contributed by atoms with E-state index < -0.39 is 0 Å². The van der Waals surface area contributed by atoms with Gasteiger partial charge in [-0.25, -0.2) is 0 Å². The Morgan fingerprint density at radius 1 is 0.818 bits per heavy atom. The highest BCUT2D eigenvalue weighted by molar-refractivity contribution is 4.86. The smallest absolute Gasteiger partial charge is 0.0383 e. The molecule has 0 radical (unpaired) electrons. The van der Waals surface area contributed by atoms with Gasteiger partial charge in [-0.05, 0) is 48.9 Å². The molecule has 0 amide bonds. The molecule has 0 heterocycles. The maximum atomic E-state index is 2.53. The summed E-state index contributed by atoms with van der Waals surface area (Å²) in [7, 11) is 0. The van der Waals surface area contributed by atoms with E-state index in [-0.39, 0.29) is 0 Å². The highest BCUT2D eigenvalue weighted by Crippen LogP contribution is 2.46. The van der Waals surface area contributed by atoms with Gasteiger partial charge in [-0.1, -0.05) is 92.4 Å². The molecule has 0 bridgehead atoms. The predicted octanol–water partition coefficient (Wildman–Crippen LogP) is 7.86. The molecular weight excluding hydrogens is 264 g/mol. The van der Waals surface area contributed by atoms with E-state index in [1.54, 1.807) is 6.42 Å². The van der Waals surface area contributed by atoms with Gasteiger partial charge in [-0.2, -0.15) is 0 Å². The van der Waals surface area contributed by atoms with E-state index >= 15 is 0 Å². The molecule has 0 N–H and O–H groups in total. The van der Waals surface area contributed by atoms with Crippen LogP contribution in [0.1, 0.15) is 112 Å². The Morgan fingerprint density at radius 3 is 2.00 bits per heavy atom. The van der Waals surface area contributed by atoms with Crippen LogP contribution in [0.25, 0.3) is 0 Å². The molecule has 0 heteroatoms. The fourth-order valence-corrected chi connectivity index (χ4v) is 4.55. The van der Waals surface area contributed by atoms with Crippen LogP contribution in [0.3, 0.4) is 0 Å². The Balaban J connectivity index is 1.97. The Bertz CT molecular complexity index is 255. The molecule has 1 saturated carbocycles. The first-order chi connectivity index (χ1) is 10.5. The third kappa shape index (κ3) is 8.02. The van der Waals surface area contributed by atoms with Crippen molar-refractivity contribution >= 4 is 0 Å². The SMILES string of the molecule is CCCCCCCCCC1CC(CCC(C)CC(C)C)C1C. The Kier molecular flexibility index (Phi) is 10.5. The van der Waals surface area contributed by atoms with E-state index in [9.17, 15) is 0 Å². The van der Waals surface area contributed by atoms with E-state index in [1.165, 1.54) is 70.6 Å². The number of unbranched alkanes of at least 4 members (excludes halogenated alkanes) is 6. The topological polar surface area (TPSA) is 0 Å². The fraction of sp³-hybridized carbons (Fsp3) is 1.00. The van der Waals surface area contributed by atoms with Crippen LogP contribution >= 0.6 is 0 Å². The zero-order valence-electron chi connectivity index (χ0n) is 16.4. The van der Waals surface area contributed by atoms with Crippen LogP contribution in [0.4, 0.5) is 0 Å². The van der Waals surface area contributed by atoms with E-state index in [0.29, 0.717) is 0 Å². The molecule has 1 rings (SSSR count). The molecule has 4 unspecified atom stereocenters. The maximum absolute atomic E-state index is 2.53. The Morgan fingerprint density at radius 2 is 1.41 bits per heavy atom. The van der Waals surface area contributed by atoms with Gasteiger partial charge in [0.25, 0.3) is 0 Å². The van der Waals surface area contributed by atoms with Gasteiger partial charge in [0.1, 0.15) is 0 Å². The van der Waals surface area contributed by atoms with Crippen LogP contribution in [0.15, 0.2) is 0 Å². The lowest BCUT2D eigenvalue weighted by Crippen LogP contribution is -2.34. The summed E-state index contributed by atoms with van der Waals surface area (Å²) in [4.78, 5) is 0. The molecule has 0 aromatic carbocycles. The number of rotatable bonds is 13. The van der Waals surface area contributed by atoms with E-state index in [2.05, 4.69) is 34.6 Å². The molecular formula is C22H44. The average molecular weight is 309 g/mol. The zero-order valence-corrected chi connectivity index (χ0v) is 16.4. The second kappa shape index (κ2) is 11.5. The Hall–Kier alpha value is 0.